The summed E-state index contributed by atoms with van der Waals surface area (Å²) in [5.41, 5.74) is 0.625. The first-order chi connectivity index (χ1) is 8.06. The highest BCUT2D eigenvalue weighted by molar-refractivity contribution is 9.10. The standard InChI is InChI=1S/C12H10BrFNO2/c1-8-6-10(4-5-15(8)16)17-9-2-3-11(13)12(14)7-9/h2-7,16H,1H3/q+1. The average molecular weight is 299 g/mol. The molecule has 1 aromatic heterocycles. The number of aryl methyl sites for hydroxylation is 1. The first kappa shape index (κ1) is 11.9. The zero-order valence-electron chi connectivity index (χ0n) is 9.02. The molecule has 17 heavy (non-hydrogen) atoms. The van der Waals surface area contributed by atoms with Gasteiger partial charge in [0.05, 0.1) is 10.5 Å². The van der Waals surface area contributed by atoms with E-state index in [-0.39, 0.29) is 5.82 Å². The van der Waals surface area contributed by atoms with E-state index >= 15 is 0 Å². The molecule has 3 nitrogen and oxygen atoms in total. The maximum absolute atomic E-state index is 13.3. The minimum atomic E-state index is -0.382. The Labute approximate surface area is 106 Å². The van der Waals surface area contributed by atoms with Gasteiger partial charge in [0.15, 0.2) is 0 Å². The molecular formula is C12H10BrFNO2+. The van der Waals surface area contributed by atoms with E-state index in [4.69, 9.17) is 4.74 Å². The second kappa shape index (κ2) is 4.71. The lowest BCUT2D eigenvalue weighted by Crippen LogP contribution is -2.32. The average Bonchev–Trinajstić information content (AvgIpc) is 2.29. The Kier molecular flexibility index (Phi) is 3.28. The highest BCUT2D eigenvalue weighted by Crippen LogP contribution is 2.25. The van der Waals surface area contributed by atoms with Crippen molar-refractivity contribution >= 4 is 15.9 Å². The third-order valence-electron chi connectivity index (χ3n) is 2.22. The summed E-state index contributed by atoms with van der Waals surface area (Å²) >= 11 is 3.07. The molecule has 0 aliphatic carbocycles. The van der Waals surface area contributed by atoms with Gasteiger partial charge in [0.25, 0.3) is 0 Å². The number of halogens is 2. The Morgan fingerprint density at radius 2 is 1.94 bits per heavy atom. The summed E-state index contributed by atoms with van der Waals surface area (Å²) in [7, 11) is 0. The first-order valence-electron chi connectivity index (χ1n) is 4.91. The van der Waals surface area contributed by atoms with Crippen LogP contribution in [0.2, 0.25) is 0 Å². The fourth-order valence-electron chi connectivity index (χ4n) is 1.32. The zero-order valence-corrected chi connectivity index (χ0v) is 10.6. The molecule has 0 unspecified atom stereocenters. The number of hydrogen-bond donors (Lipinski definition) is 1. The van der Waals surface area contributed by atoms with Gasteiger partial charge in [-0.05, 0) is 28.1 Å². The molecule has 88 valence electrons. The van der Waals surface area contributed by atoms with Crippen LogP contribution in [-0.4, -0.2) is 5.21 Å². The lowest BCUT2D eigenvalue weighted by Gasteiger charge is -2.05. The van der Waals surface area contributed by atoms with Crippen LogP contribution < -0.4 is 9.47 Å². The summed E-state index contributed by atoms with van der Waals surface area (Å²) in [6.07, 6.45) is 1.46. The molecule has 0 bridgehead atoms. The van der Waals surface area contributed by atoms with Crippen LogP contribution in [0.3, 0.4) is 0 Å². The van der Waals surface area contributed by atoms with Gasteiger partial charge in [0.1, 0.15) is 17.3 Å². The van der Waals surface area contributed by atoms with Crippen molar-refractivity contribution in [3.05, 3.63) is 52.5 Å². The molecule has 0 amide bonds. The fraction of sp³-hybridized carbons (Fsp3) is 0.0833. The summed E-state index contributed by atoms with van der Waals surface area (Å²) in [4.78, 5) is 0. The van der Waals surface area contributed by atoms with E-state index in [0.29, 0.717) is 21.7 Å². The van der Waals surface area contributed by atoms with Gasteiger partial charge in [0.2, 0.25) is 11.9 Å². The van der Waals surface area contributed by atoms with Crippen LogP contribution in [-0.2, 0) is 0 Å². The second-order valence-corrected chi connectivity index (χ2v) is 4.38. The van der Waals surface area contributed by atoms with Crippen LogP contribution in [0.4, 0.5) is 4.39 Å². The van der Waals surface area contributed by atoms with Gasteiger partial charge in [0, 0.05) is 23.8 Å². The normalized spacial score (nSPS) is 10.3. The van der Waals surface area contributed by atoms with E-state index < -0.39 is 0 Å². The predicted molar refractivity (Wildman–Crippen MR) is 62.7 cm³/mol. The van der Waals surface area contributed by atoms with Gasteiger partial charge in [-0.1, -0.05) is 0 Å². The van der Waals surface area contributed by atoms with E-state index in [0.717, 1.165) is 4.73 Å². The number of nitrogens with zero attached hydrogens (tertiary/aromatic N) is 1. The van der Waals surface area contributed by atoms with Gasteiger partial charge >= 0.3 is 0 Å². The van der Waals surface area contributed by atoms with E-state index in [1.54, 1.807) is 31.2 Å². The van der Waals surface area contributed by atoms with Gasteiger partial charge in [-0.2, -0.15) is 0 Å². The quantitative estimate of drug-likeness (QED) is 0.682. The topological polar surface area (TPSA) is 33.3 Å². The van der Waals surface area contributed by atoms with Gasteiger partial charge < -0.3 is 4.74 Å². The van der Waals surface area contributed by atoms with E-state index in [2.05, 4.69) is 15.9 Å². The molecule has 2 rings (SSSR count). The molecule has 1 N–H and O–H groups in total. The molecule has 0 saturated carbocycles. The number of benzene rings is 1. The Balaban J connectivity index is 2.25. The highest BCUT2D eigenvalue weighted by atomic mass is 79.9. The van der Waals surface area contributed by atoms with Crippen LogP contribution in [0, 0.1) is 12.7 Å². The molecular weight excluding hydrogens is 289 g/mol. The van der Waals surface area contributed by atoms with Gasteiger partial charge in [-0.25, -0.2) is 4.39 Å². The van der Waals surface area contributed by atoms with Crippen molar-refractivity contribution in [2.45, 2.75) is 6.92 Å². The summed E-state index contributed by atoms with van der Waals surface area (Å²) in [5.74, 6) is 0.558. The number of hydrogen-bond acceptors (Lipinski definition) is 2. The molecule has 0 spiro atoms. The zero-order chi connectivity index (χ0) is 12.4. The number of aromatic nitrogens is 1. The molecule has 0 radical (unpaired) electrons. The van der Waals surface area contributed by atoms with Crippen molar-refractivity contribution < 1.29 is 19.1 Å². The minimum absolute atomic E-state index is 0.382. The van der Waals surface area contributed by atoms with Crippen LogP contribution in [0.25, 0.3) is 0 Å². The van der Waals surface area contributed by atoms with Crippen molar-refractivity contribution in [1.29, 1.82) is 0 Å². The smallest absolute Gasteiger partial charge is 0.234 e. The number of pyridine rings is 1. The Hall–Kier alpha value is -1.62. The number of rotatable bonds is 2. The molecule has 0 fully saturated rings. The van der Waals surface area contributed by atoms with Crippen LogP contribution >= 0.6 is 15.9 Å². The second-order valence-electron chi connectivity index (χ2n) is 3.53. The predicted octanol–water partition coefficient (Wildman–Crippen LogP) is 3.21. The van der Waals surface area contributed by atoms with Crippen LogP contribution in [0.15, 0.2) is 41.0 Å². The van der Waals surface area contributed by atoms with Crippen LogP contribution in [0.1, 0.15) is 5.69 Å². The highest BCUT2D eigenvalue weighted by Gasteiger charge is 2.08. The Morgan fingerprint density at radius 3 is 2.59 bits per heavy atom. The van der Waals surface area contributed by atoms with Crippen molar-refractivity contribution in [1.82, 2.24) is 0 Å². The SMILES string of the molecule is Cc1cc(Oc2ccc(Br)c(F)c2)cc[n+]1O. The summed E-state index contributed by atoms with van der Waals surface area (Å²) in [6.45, 7) is 1.73. The minimum Gasteiger partial charge on any atom is -0.457 e. The lowest BCUT2D eigenvalue weighted by atomic mass is 10.3. The van der Waals surface area contributed by atoms with Crippen LogP contribution in [0.5, 0.6) is 11.5 Å². The van der Waals surface area contributed by atoms with E-state index in [1.807, 2.05) is 0 Å². The summed E-state index contributed by atoms with van der Waals surface area (Å²) < 4.78 is 20.1. The van der Waals surface area contributed by atoms with E-state index in [1.165, 1.54) is 12.3 Å². The summed E-state index contributed by atoms with van der Waals surface area (Å²) in [5, 5.41) is 9.29. The van der Waals surface area contributed by atoms with Crippen molar-refractivity contribution in [3.8, 4) is 11.5 Å². The van der Waals surface area contributed by atoms with Crippen molar-refractivity contribution in [2.75, 3.05) is 0 Å². The molecule has 2 aromatic rings. The van der Waals surface area contributed by atoms with Crippen molar-refractivity contribution in [3.63, 3.8) is 0 Å². The third kappa shape index (κ3) is 2.74. The molecule has 1 aromatic carbocycles. The summed E-state index contributed by atoms with van der Waals surface area (Å²) in [6, 6.07) is 7.77. The number of ether oxygens (including phenoxy) is 1. The fourth-order valence-corrected chi connectivity index (χ4v) is 1.57. The monoisotopic (exact) mass is 298 g/mol. The Bertz CT molecular complexity index is 511. The molecule has 0 atom stereocenters. The largest absolute Gasteiger partial charge is 0.457 e. The molecule has 0 aliphatic heterocycles. The van der Waals surface area contributed by atoms with Gasteiger partial charge in [-0.15, -0.1) is 0 Å². The lowest BCUT2D eigenvalue weighted by molar-refractivity contribution is -0.908. The molecule has 0 aliphatic rings. The van der Waals surface area contributed by atoms with Gasteiger partial charge in [-0.3, -0.25) is 5.21 Å². The first-order valence-corrected chi connectivity index (χ1v) is 5.70. The van der Waals surface area contributed by atoms with Crippen molar-refractivity contribution in [2.24, 2.45) is 0 Å². The molecule has 5 heteroatoms. The maximum atomic E-state index is 13.3. The molecule has 1 heterocycles. The molecule has 0 saturated heterocycles. The third-order valence-corrected chi connectivity index (χ3v) is 2.86. The Morgan fingerprint density at radius 1 is 1.24 bits per heavy atom. The van der Waals surface area contributed by atoms with E-state index in [9.17, 15) is 9.60 Å². The maximum Gasteiger partial charge on any atom is 0.234 e.